The first-order valence-corrected chi connectivity index (χ1v) is 9.44. The van der Waals surface area contributed by atoms with E-state index in [9.17, 15) is 9.59 Å². The van der Waals surface area contributed by atoms with Crippen LogP contribution in [0.5, 0.6) is 11.5 Å². The molecule has 2 heterocycles. The maximum atomic E-state index is 12.6. The number of amidine groups is 1. The number of nitrogens with zero attached hydrogens (tertiary/aromatic N) is 2. The van der Waals surface area contributed by atoms with Crippen LogP contribution in [0.15, 0.2) is 45.1 Å². The van der Waals surface area contributed by atoms with Crippen molar-refractivity contribution in [2.75, 3.05) is 21.3 Å². The smallest absolute Gasteiger partial charge is 0.338 e. The number of fused-ring (bicyclic) bond motifs is 1. The van der Waals surface area contributed by atoms with Gasteiger partial charge in [-0.3, -0.25) is 4.79 Å². The summed E-state index contributed by atoms with van der Waals surface area (Å²) >= 11 is 1.32. The number of thioether (sulfide) groups is 1. The molecule has 3 rings (SSSR count). The topological polar surface area (TPSA) is 77.4 Å². The third-order valence-corrected chi connectivity index (χ3v) is 5.98. The van der Waals surface area contributed by atoms with Crippen LogP contribution in [0, 0.1) is 0 Å². The summed E-state index contributed by atoms with van der Waals surface area (Å²) in [5.74, 6) is 0.632. The Morgan fingerprint density at radius 3 is 2.36 bits per heavy atom. The highest BCUT2D eigenvalue weighted by Crippen LogP contribution is 2.48. The number of carbonyl (C=O) groups is 2. The molecule has 1 aromatic rings. The summed E-state index contributed by atoms with van der Waals surface area (Å²) in [5, 5.41) is 0.660. The van der Waals surface area contributed by atoms with E-state index in [-0.39, 0.29) is 5.78 Å². The number of esters is 1. The molecule has 0 saturated heterocycles. The lowest BCUT2D eigenvalue weighted by Crippen LogP contribution is -2.36. The Hall–Kier alpha value is -2.74. The van der Waals surface area contributed by atoms with Crippen molar-refractivity contribution in [2.24, 2.45) is 4.99 Å². The van der Waals surface area contributed by atoms with E-state index in [0.717, 1.165) is 11.3 Å². The third kappa shape index (κ3) is 3.17. The lowest BCUT2D eigenvalue weighted by molar-refractivity contribution is -0.136. The Kier molecular flexibility index (Phi) is 5.51. The highest BCUT2D eigenvalue weighted by Gasteiger charge is 2.42. The van der Waals surface area contributed by atoms with Gasteiger partial charge in [-0.2, -0.15) is 0 Å². The van der Waals surface area contributed by atoms with Crippen molar-refractivity contribution in [3.63, 3.8) is 0 Å². The lowest BCUT2D eigenvalue weighted by Gasteiger charge is -2.35. The van der Waals surface area contributed by atoms with E-state index >= 15 is 0 Å². The Morgan fingerprint density at radius 2 is 1.79 bits per heavy atom. The number of allylic oxidation sites excluding steroid dienone is 3. The van der Waals surface area contributed by atoms with E-state index in [4.69, 9.17) is 14.2 Å². The van der Waals surface area contributed by atoms with Gasteiger partial charge >= 0.3 is 5.97 Å². The summed E-state index contributed by atoms with van der Waals surface area (Å²) in [6.07, 6.45) is 0. The molecular formula is C20H22N2O5S. The number of hydrogen-bond acceptors (Lipinski definition) is 8. The second-order valence-electron chi connectivity index (χ2n) is 6.34. The third-order valence-electron chi connectivity index (χ3n) is 4.72. The molecule has 0 bridgehead atoms. The largest absolute Gasteiger partial charge is 0.493 e. The monoisotopic (exact) mass is 402 g/mol. The molecule has 7 nitrogen and oxygen atoms in total. The first-order chi connectivity index (χ1) is 13.3. The summed E-state index contributed by atoms with van der Waals surface area (Å²) in [5.41, 5.74) is 2.53. The van der Waals surface area contributed by atoms with Gasteiger partial charge in [0.05, 0.1) is 43.5 Å². The summed E-state index contributed by atoms with van der Waals surface area (Å²) in [7, 11) is 4.47. The molecule has 0 fully saturated rings. The number of Topliss-reactive ketones (excluding diaryl/α,β-unsaturated/α-hetero) is 1. The van der Waals surface area contributed by atoms with Crippen molar-refractivity contribution in [1.82, 2.24) is 4.90 Å². The maximum absolute atomic E-state index is 12.6. The molecule has 1 aromatic carbocycles. The molecule has 8 heteroatoms. The van der Waals surface area contributed by atoms with Gasteiger partial charge in [0.2, 0.25) is 0 Å². The Morgan fingerprint density at radius 1 is 1.11 bits per heavy atom. The van der Waals surface area contributed by atoms with Crippen LogP contribution in [0.25, 0.3) is 0 Å². The van der Waals surface area contributed by atoms with Crippen LogP contribution in [0.4, 0.5) is 0 Å². The summed E-state index contributed by atoms with van der Waals surface area (Å²) < 4.78 is 15.8. The highest BCUT2D eigenvalue weighted by molar-refractivity contribution is 8.18. The second kappa shape index (κ2) is 7.71. The van der Waals surface area contributed by atoms with Crippen molar-refractivity contribution in [3.05, 3.63) is 45.6 Å². The highest BCUT2D eigenvalue weighted by atomic mass is 32.2. The van der Waals surface area contributed by atoms with Gasteiger partial charge in [0, 0.05) is 5.70 Å². The molecule has 0 aromatic heterocycles. The summed E-state index contributed by atoms with van der Waals surface area (Å²) in [4.78, 5) is 31.8. The molecule has 0 radical (unpaired) electrons. The number of carbonyl (C=O) groups excluding carboxylic acids is 2. The number of hydrogen-bond donors (Lipinski definition) is 0. The Labute approximate surface area is 168 Å². The molecule has 2 aliphatic rings. The van der Waals surface area contributed by atoms with Crippen LogP contribution in [0.1, 0.15) is 32.4 Å². The molecule has 148 valence electrons. The van der Waals surface area contributed by atoms with Crippen LogP contribution in [-0.2, 0) is 14.3 Å². The number of benzene rings is 1. The lowest BCUT2D eigenvalue weighted by atomic mass is 9.93. The van der Waals surface area contributed by atoms with Crippen LogP contribution in [-0.4, -0.2) is 43.1 Å². The number of ether oxygens (including phenoxy) is 3. The molecule has 2 aliphatic heterocycles. The van der Waals surface area contributed by atoms with Gasteiger partial charge in [0.1, 0.15) is 0 Å². The van der Waals surface area contributed by atoms with Gasteiger partial charge in [0.25, 0.3) is 0 Å². The molecular weight excluding hydrogens is 380 g/mol. The predicted molar refractivity (Wildman–Crippen MR) is 107 cm³/mol. The fourth-order valence-corrected chi connectivity index (χ4v) is 4.51. The van der Waals surface area contributed by atoms with Crippen molar-refractivity contribution in [1.29, 1.82) is 0 Å². The summed E-state index contributed by atoms with van der Waals surface area (Å²) in [6, 6.07) is 4.99. The number of methoxy groups -OCH3 is 3. The Bertz CT molecular complexity index is 948. The minimum Gasteiger partial charge on any atom is -0.493 e. The van der Waals surface area contributed by atoms with Gasteiger partial charge in [0.15, 0.2) is 22.4 Å². The molecule has 0 aliphatic carbocycles. The van der Waals surface area contributed by atoms with E-state index in [1.807, 2.05) is 24.0 Å². The molecule has 1 unspecified atom stereocenters. The van der Waals surface area contributed by atoms with Crippen molar-refractivity contribution >= 4 is 28.7 Å². The zero-order valence-electron chi connectivity index (χ0n) is 16.7. The molecule has 0 saturated carbocycles. The number of rotatable bonds is 5. The van der Waals surface area contributed by atoms with Crippen molar-refractivity contribution in [3.8, 4) is 11.5 Å². The van der Waals surface area contributed by atoms with Crippen molar-refractivity contribution < 1.29 is 23.8 Å². The zero-order valence-corrected chi connectivity index (χ0v) is 17.5. The van der Waals surface area contributed by atoms with E-state index in [1.54, 1.807) is 27.2 Å². The Balaban J connectivity index is 2.22. The fourth-order valence-electron chi connectivity index (χ4n) is 3.41. The van der Waals surface area contributed by atoms with Gasteiger partial charge in [-0.05, 0) is 50.2 Å². The minimum absolute atomic E-state index is 0.0390. The van der Waals surface area contributed by atoms with Gasteiger partial charge in [-0.1, -0.05) is 6.07 Å². The molecule has 0 spiro atoms. The predicted octanol–water partition coefficient (Wildman–Crippen LogP) is 3.43. The summed E-state index contributed by atoms with van der Waals surface area (Å²) in [6.45, 7) is 5.15. The molecule has 28 heavy (non-hydrogen) atoms. The first-order valence-electron chi connectivity index (χ1n) is 8.62. The number of aliphatic imine (C=N–C) groups is 1. The second-order valence-corrected chi connectivity index (χ2v) is 7.32. The quantitative estimate of drug-likeness (QED) is 0.698. The normalized spacial score (nSPS) is 18.7. The molecule has 0 N–H and O–H groups in total. The number of ketones is 1. The molecule has 1 atom stereocenters. The average molecular weight is 402 g/mol. The van der Waals surface area contributed by atoms with E-state index in [2.05, 4.69) is 4.99 Å². The minimum atomic E-state index is -0.496. The van der Waals surface area contributed by atoms with E-state index < -0.39 is 12.0 Å². The zero-order chi connectivity index (χ0) is 20.6. The SMILES string of the molecule is COC(=O)C1=C(C)N=C2SC(C(C)=O)=C(C)N2C1c1ccc(OC)c(OC)c1. The van der Waals surface area contributed by atoms with E-state index in [0.29, 0.717) is 32.8 Å². The van der Waals surface area contributed by atoms with Gasteiger partial charge in [-0.15, -0.1) is 0 Å². The molecule has 0 amide bonds. The standard InChI is InChI=1S/C20H22N2O5S/c1-10-16(19(24)27-6)17(13-7-8-14(25-4)15(9-13)26-5)22-11(2)18(12(3)23)28-20(22)21-10/h7-9,17H,1-6H3. The van der Waals surface area contributed by atoms with Crippen LogP contribution in [0.2, 0.25) is 0 Å². The fraction of sp³-hybridized carbons (Fsp3) is 0.350. The average Bonchev–Trinajstić information content (AvgIpc) is 3.02. The maximum Gasteiger partial charge on any atom is 0.338 e. The van der Waals surface area contributed by atoms with E-state index in [1.165, 1.54) is 25.8 Å². The van der Waals surface area contributed by atoms with Gasteiger partial charge in [-0.25, -0.2) is 9.79 Å². The van der Waals surface area contributed by atoms with Crippen LogP contribution >= 0.6 is 11.8 Å². The van der Waals surface area contributed by atoms with Crippen LogP contribution in [0.3, 0.4) is 0 Å². The first kappa shape index (κ1) is 20.0. The van der Waals surface area contributed by atoms with Crippen molar-refractivity contribution in [2.45, 2.75) is 26.8 Å². The van der Waals surface area contributed by atoms with Gasteiger partial charge < -0.3 is 19.1 Å². The van der Waals surface area contributed by atoms with Crippen LogP contribution < -0.4 is 9.47 Å².